The van der Waals surface area contributed by atoms with Crippen LogP contribution in [0.5, 0.6) is 0 Å². The molecule has 3 aromatic heterocycles. The molecule has 0 atom stereocenters. The fourth-order valence-electron chi connectivity index (χ4n) is 1.90. The quantitative estimate of drug-likeness (QED) is 0.278. The van der Waals surface area contributed by atoms with Gasteiger partial charge in [-0.05, 0) is 18.2 Å². The van der Waals surface area contributed by atoms with Crippen molar-refractivity contribution in [3.63, 3.8) is 0 Å². The monoisotopic (exact) mass is 606 g/mol. The van der Waals surface area contributed by atoms with E-state index in [0.29, 0.717) is 0 Å². The molecule has 0 amide bonds. The van der Waals surface area contributed by atoms with Crippen molar-refractivity contribution in [2.45, 2.75) is 0 Å². The molecule has 3 N–H and O–H groups in total. The Morgan fingerprint density at radius 2 is 0.833 bits per heavy atom. The van der Waals surface area contributed by atoms with Gasteiger partial charge in [0, 0.05) is 36.4 Å². The molecule has 3 aromatic rings. The van der Waals surface area contributed by atoms with Gasteiger partial charge in [0.15, 0.2) is 12.4 Å². The first kappa shape index (κ1) is 31.4. The summed E-state index contributed by atoms with van der Waals surface area (Å²) < 4.78 is 0. The minimum Gasteiger partial charge on any atom is -1.00 e. The zero-order chi connectivity index (χ0) is 12.2. The van der Waals surface area contributed by atoms with Gasteiger partial charge in [0.2, 0.25) is 0 Å². The summed E-state index contributed by atoms with van der Waals surface area (Å²) in [5.41, 5.74) is 4.25. The number of H-pyrrole nitrogens is 3. The van der Waals surface area contributed by atoms with Crippen LogP contribution in [0.4, 0.5) is 0 Å². The molecule has 0 aliphatic rings. The summed E-state index contributed by atoms with van der Waals surface area (Å²) in [4.78, 5) is 9.86. The minimum absolute atomic E-state index is 0. The predicted molar refractivity (Wildman–Crippen MR) is 67.0 cm³/mol. The maximum absolute atomic E-state index is 3.41. The molecule has 0 unspecified atom stereocenters. The van der Waals surface area contributed by atoms with Crippen molar-refractivity contribution in [3.8, 4) is 22.8 Å². The maximum atomic E-state index is 3.41. The molecule has 3 nitrogen and oxygen atoms in total. The Kier molecular flexibility index (Phi) is 21.0. The van der Waals surface area contributed by atoms with Crippen LogP contribution in [-0.2, 0) is 21.1 Å². The number of hydrogen-bond acceptors (Lipinski definition) is 0. The molecule has 24 heavy (non-hydrogen) atoms. The molecule has 0 aliphatic heterocycles. The SMILES string of the molecule is [Cl-].[Cl-].[Cl-].[Cl-].[Cl-].[Pt+2].c1ccc(-c2cccc(-c3cccc[nH+]3)[nH+]2)[nH+]c1. The zero-order valence-corrected chi connectivity index (χ0v) is 18.1. The smallest absolute Gasteiger partial charge is 1.00 e. The van der Waals surface area contributed by atoms with E-state index < -0.39 is 0 Å². The number of halogens is 5. The minimum atomic E-state index is 0. The van der Waals surface area contributed by atoms with Crippen LogP contribution in [0.3, 0.4) is 0 Å². The summed E-state index contributed by atoms with van der Waals surface area (Å²) in [5, 5.41) is 0. The van der Waals surface area contributed by atoms with Crippen molar-refractivity contribution in [3.05, 3.63) is 67.0 Å². The van der Waals surface area contributed by atoms with Crippen molar-refractivity contribution in [1.82, 2.24) is 0 Å². The Morgan fingerprint density at radius 1 is 0.458 bits per heavy atom. The van der Waals surface area contributed by atoms with Crippen molar-refractivity contribution in [2.24, 2.45) is 0 Å². The number of hydrogen-bond donors (Lipinski definition) is 0. The Balaban J connectivity index is -0.000000333. The van der Waals surface area contributed by atoms with Gasteiger partial charge in [-0.3, -0.25) is 0 Å². The molecule has 3 heterocycles. The summed E-state index contributed by atoms with van der Waals surface area (Å²) >= 11 is 0. The van der Waals surface area contributed by atoms with Crippen LogP contribution in [0.2, 0.25) is 0 Å². The first-order valence-corrected chi connectivity index (χ1v) is 5.90. The van der Waals surface area contributed by atoms with E-state index in [1.807, 2.05) is 54.9 Å². The fraction of sp³-hybridized carbons (Fsp3) is 0. The predicted octanol–water partition coefficient (Wildman–Crippen LogP) is -13.5. The Bertz CT molecular complexity index is 605. The third-order valence-electron chi connectivity index (χ3n) is 2.79. The average Bonchev–Trinajstić information content (AvgIpc) is 2.49. The molecule has 134 valence electrons. The van der Waals surface area contributed by atoms with E-state index in [-0.39, 0.29) is 83.1 Å². The second kappa shape index (κ2) is 16.1. The maximum Gasteiger partial charge on any atom is 2.00 e. The Hall–Kier alpha value is -0.412. The average molecular weight is 609 g/mol. The second-order valence-corrected chi connectivity index (χ2v) is 4.03. The van der Waals surface area contributed by atoms with Crippen molar-refractivity contribution in [1.29, 1.82) is 0 Å². The van der Waals surface area contributed by atoms with Crippen LogP contribution in [0.25, 0.3) is 22.8 Å². The third kappa shape index (κ3) is 8.11. The van der Waals surface area contributed by atoms with E-state index in [1.165, 1.54) is 0 Å². The van der Waals surface area contributed by atoms with E-state index in [9.17, 15) is 0 Å². The summed E-state index contributed by atoms with van der Waals surface area (Å²) in [7, 11) is 0. The molecule has 3 rings (SSSR count). The van der Waals surface area contributed by atoms with Crippen LogP contribution in [0, 0.1) is 0 Å². The molecule has 9 heteroatoms. The number of aromatic amines is 3. The van der Waals surface area contributed by atoms with Gasteiger partial charge in [0.05, 0.1) is 0 Å². The van der Waals surface area contributed by atoms with Gasteiger partial charge in [-0.15, -0.1) is 0 Å². The summed E-state index contributed by atoms with van der Waals surface area (Å²) in [6, 6.07) is 18.2. The van der Waals surface area contributed by atoms with Crippen LogP contribution >= 0.6 is 0 Å². The first-order chi connectivity index (χ1) is 8.93. The molecule has 0 fully saturated rings. The Morgan fingerprint density at radius 3 is 1.17 bits per heavy atom. The van der Waals surface area contributed by atoms with Crippen molar-refractivity contribution in [2.75, 3.05) is 0 Å². The standard InChI is InChI=1S/C15H11N3.5ClH.Pt/c1-3-10-16-12(6-1)14-8-5-9-15(18-14)13-7-2-4-11-17-13;;;;;;/h1-11H;5*1H;/q;;;;;;+2/p-2. The summed E-state index contributed by atoms with van der Waals surface area (Å²) in [6.07, 6.45) is 3.84. The molecule has 0 radical (unpaired) electrons. The van der Waals surface area contributed by atoms with E-state index in [4.69, 9.17) is 0 Å². The van der Waals surface area contributed by atoms with E-state index in [2.05, 4.69) is 27.1 Å². The van der Waals surface area contributed by atoms with Crippen LogP contribution in [0.1, 0.15) is 0 Å². The molecular weight excluding hydrogens is 595 g/mol. The number of aromatic nitrogens is 3. The Labute approximate surface area is 186 Å². The van der Waals surface area contributed by atoms with E-state index in [0.717, 1.165) is 22.8 Å². The summed E-state index contributed by atoms with van der Waals surface area (Å²) in [6.45, 7) is 0. The van der Waals surface area contributed by atoms with Crippen LogP contribution in [0.15, 0.2) is 67.0 Å². The van der Waals surface area contributed by atoms with E-state index in [1.54, 1.807) is 0 Å². The molecule has 0 saturated carbocycles. The molecule has 0 saturated heterocycles. The van der Waals surface area contributed by atoms with Crippen molar-refractivity contribution < 1.29 is 98.1 Å². The molecule has 0 spiro atoms. The van der Waals surface area contributed by atoms with Gasteiger partial charge in [-0.1, -0.05) is 0 Å². The topological polar surface area (TPSA) is 42.4 Å². The van der Waals surface area contributed by atoms with Gasteiger partial charge in [0.25, 0.3) is 22.8 Å². The zero-order valence-electron chi connectivity index (χ0n) is 12.1. The van der Waals surface area contributed by atoms with Gasteiger partial charge < -0.3 is 62.0 Å². The van der Waals surface area contributed by atoms with Gasteiger partial charge in [-0.2, -0.15) is 4.98 Å². The molecular formula is C15H14Cl5N3Pt. The van der Waals surface area contributed by atoms with E-state index >= 15 is 0 Å². The normalized spacial score (nSPS) is 7.67. The fourth-order valence-corrected chi connectivity index (χ4v) is 1.90. The second-order valence-electron chi connectivity index (χ2n) is 4.03. The van der Waals surface area contributed by atoms with Crippen molar-refractivity contribution >= 4 is 0 Å². The van der Waals surface area contributed by atoms with Gasteiger partial charge >= 0.3 is 21.1 Å². The van der Waals surface area contributed by atoms with Crippen LogP contribution < -0.4 is 77.0 Å². The first-order valence-electron chi connectivity index (χ1n) is 5.90. The number of nitrogens with one attached hydrogen (secondary N) is 3. The number of pyridine rings is 3. The largest absolute Gasteiger partial charge is 2.00 e. The van der Waals surface area contributed by atoms with Gasteiger partial charge in [-0.25, -0.2) is 9.97 Å². The molecule has 0 aromatic carbocycles. The summed E-state index contributed by atoms with van der Waals surface area (Å²) in [5.74, 6) is 0. The molecule has 0 bridgehead atoms. The molecule has 0 aliphatic carbocycles. The van der Waals surface area contributed by atoms with Gasteiger partial charge in [0.1, 0.15) is 0 Å². The van der Waals surface area contributed by atoms with Crippen LogP contribution in [-0.4, -0.2) is 0 Å². The third-order valence-corrected chi connectivity index (χ3v) is 2.79. The number of rotatable bonds is 2.